The SMILES string of the molecule is COCCS(=O)(=O)CCC(=O)c1ccccc1. The van der Waals surface area contributed by atoms with Gasteiger partial charge in [-0.2, -0.15) is 0 Å². The summed E-state index contributed by atoms with van der Waals surface area (Å²) in [7, 11) is -1.74. The number of methoxy groups -OCH3 is 1. The van der Waals surface area contributed by atoms with E-state index in [4.69, 9.17) is 4.74 Å². The van der Waals surface area contributed by atoms with E-state index in [9.17, 15) is 13.2 Å². The van der Waals surface area contributed by atoms with Gasteiger partial charge in [-0.15, -0.1) is 0 Å². The number of carbonyl (C=O) groups is 1. The summed E-state index contributed by atoms with van der Waals surface area (Å²) in [6.45, 7) is 0.169. The van der Waals surface area contributed by atoms with Gasteiger partial charge in [0.15, 0.2) is 15.6 Å². The third-order valence-electron chi connectivity index (χ3n) is 2.33. The number of hydrogen-bond donors (Lipinski definition) is 0. The molecule has 0 aliphatic rings. The first-order valence-electron chi connectivity index (χ1n) is 5.33. The molecule has 1 aromatic rings. The highest BCUT2D eigenvalue weighted by atomic mass is 32.2. The van der Waals surface area contributed by atoms with Gasteiger partial charge in [0.25, 0.3) is 0 Å². The highest BCUT2D eigenvalue weighted by Crippen LogP contribution is 2.05. The molecule has 17 heavy (non-hydrogen) atoms. The van der Waals surface area contributed by atoms with Crippen LogP contribution in [0.3, 0.4) is 0 Å². The van der Waals surface area contributed by atoms with Gasteiger partial charge in [-0.25, -0.2) is 8.42 Å². The first-order valence-corrected chi connectivity index (χ1v) is 7.15. The zero-order valence-corrected chi connectivity index (χ0v) is 10.6. The number of benzene rings is 1. The third kappa shape index (κ3) is 5.10. The normalized spacial score (nSPS) is 11.4. The van der Waals surface area contributed by atoms with Crippen molar-refractivity contribution in [2.45, 2.75) is 6.42 Å². The molecule has 0 atom stereocenters. The topological polar surface area (TPSA) is 60.4 Å². The van der Waals surface area contributed by atoms with Gasteiger partial charge < -0.3 is 4.74 Å². The Morgan fingerprint density at radius 2 is 1.82 bits per heavy atom. The standard InChI is InChI=1S/C12H16O4S/c1-16-8-10-17(14,15)9-7-12(13)11-5-3-2-4-6-11/h2-6H,7-10H2,1H3. The third-order valence-corrected chi connectivity index (χ3v) is 3.95. The second-order valence-electron chi connectivity index (χ2n) is 3.68. The van der Waals surface area contributed by atoms with E-state index in [2.05, 4.69) is 0 Å². The Bertz CT molecular complexity index is 451. The van der Waals surface area contributed by atoms with Crippen molar-refractivity contribution in [2.24, 2.45) is 0 Å². The van der Waals surface area contributed by atoms with Crippen LogP contribution in [0, 0.1) is 0 Å². The predicted molar refractivity (Wildman–Crippen MR) is 65.9 cm³/mol. The van der Waals surface area contributed by atoms with Crippen LogP contribution in [0.2, 0.25) is 0 Å². The molecule has 0 unspecified atom stereocenters. The lowest BCUT2D eigenvalue weighted by Crippen LogP contribution is -2.17. The van der Waals surface area contributed by atoms with Crippen molar-refractivity contribution < 1.29 is 17.9 Å². The van der Waals surface area contributed by atoms with Gasteiger partial charge in [0, 0.05) is 19.1 Å². The Morgan fingerprint density at radius 3 is 2.41 bits per heavy atom. The molecule has 4 nitrogen and oxygen atoms in total. The molecule has 0 radical (unpaired) electrons. The molecule has 0 aliphatic heterocycles. The summed E-state index contributed by atoms with van der Waals surface area (Å²) in [4.78, 5) is 11.7. The van der Waals surface area contributed by atoms with Gasteiger partial charge in [-0.1, -0.05) is 30.3 Å². The van der Waals surface area contributed by atoms with Crippen molar-refractivity contribution in [1.29, 1.82) is 0 Å². The summed E-state index contributed by atoms with van der Waals surface area (Å²) in [5.74, 6) is -0.304. The lowest BCUT2D eigenvalue weighted by molar-refractivity contribution is 0.0988. The van der Waals surface area contributed by atoms with Gasteiger partial charge in [-0.05, 0) is 0 Å². The van der Waals surface area contributed by atoms with Crippen LogP contribution in [0.15, 0.2) is 30.3 Å². The Morgan fingerprint density at radius 1 is 1.18 bits per heavy atom. The molecule has 1 aromatic carbocycles. The number of ketones is 1. The van der Waals surface area contributed by atoms with Gasteiger partial charge in [0.2, 0.25) is 0 Å². The number of ether oxygens (including phenoxy) is 1. The second kappa shape index (κ2) is 6.51. The van der Waals surface area contributed by atoms with Crippen LogP contribution in [0.25, 0.3) is 0 Å². The molecule has 0 saturated heterocycles. The number of hydrogen-bond acceptors (Lipinski definition) is 4. The van der Waals surface area contributed by atoms with Crippen molar-refractivity contribution in [1.82, 2.24) is 0 Å². The zero-order valence-electron chi connectivity index (χ0n) is 9.76. The molecule has 0 fully saturated rings. The predicted octanol–water partition coefficient (Wildman–Crippen LogP) is 1.32. The number of carbonyl (C=O) groups excluding carboxylic acids is 1. The van der Waals surface area contributed by atoms with Crippen LogP contribution >= 0.6 is 0 Å². The summed E-state index contributed by atoms with van der Waals surface area (Å²) in [5.41, 5.74) is 0.550. The maximum atomic E-state index is 11.7. The van der Waals surface area contributed by atoms with E-state index in [-0.39, 0.29) is 30.3 Å². The maximum Gasteiger partial charge on any atom is 0.163 e. The van der Waals surface area contributed by atoms with Crippen molar-refractivity contribution in [2.75, 3.05) is 25.2 Å². The molecule has 0 bridgehead atoms. The number of sulfone groups is 1. The first-order chi connectivity index (χ1) is 8.05. The van der Waals surface area contributed by atoms with Crippen molar-refractivity contribution in [3.05, 3.63) is 35.9 Å². The molecule has 5 heteroatoms. The van der Waals surface area contributed by atoms with E-state index in [1.807, 2.05) is 6.07 Å². The molecule has 0 aliphatic carbocycles. The van der Waals surface area contributed by atoms with E-state index in [1.165, 1.54) is 7.11 Å². The van der Waals surface area contributed by atoms with E-state index >= 15 is 0 Å². The Hall–Kier alpha value is -1.20. The van der Waals surface area contributed by atoms with E-state index in [0.29, 0.717) is 5.56 Å². The molecule has 94 valence electrons. The minimum Gasteiger partial charge on any atom is -0.384 e. The smallest absolute Gasteiger partial charge is 0.163 e. The van der Waals surface area contributed by atoms with Crippen LogP contribution in [0.1, 0.15) is 16.8 Å². The van der Waals surface area contributed by atoms with Crippen molar-refractivity contribution in [3.63, 3.8) is 0 Å². The zero-order chi connectivity index (χ0) is 12.7. The largest absolute Gasteiger partial charge is 0.384 e. The summed E-state index contributed by atoms with van der Waals surface area (Å²) >= 11 is 0. The maximum absolute atomic E-state index is 11.7. The van der Waals surface area contributed by atoms with Gasteiger partial charge >= 0.3 is 0 Å². The fourth-order valence-corrected chi connectivity index (χ4v) is 2.45. The van der Waals surface area contributed by atoms with Crippen LogP contribution in [0.4, 0.5) is 0 Å². The Balaban J connectivity index is 2.49. The highest BCUT2D eigenvalue weighted by Gasteiger charge is 2.14. The molecule has 0 saturated carbocycles. The van der Waals surface area contributed by atoms with E-state index < -0.39 is 9.84 Å². The second-order valence-corrected chi connectivity index (χ2v) is 5.99. The van der Waals surface area contributed by atoms with E-state index in [1.54, 1.807) is 24.3 Å². The van der Waals surface area contributed by atoms with Gasteiger partial charge in [-0.3, -0.25) is 4.79 Å². The summed E-state index contributed by atoms with van der Waals surface area (Å²) in [6, 6.07) is 8.69. The van der Waals surface area contributed by atoms with Crippen LogP contribution in [-0.2, 0) is 14.6 Å². The van der Waals surface area contributed by atoms with Crippen LogP contribution in [0.5, 0.6) is 0 Å². The molecule has 0 heterocycles. The molecule has 0 aromatic heterocycles. The first kappa shape index (κ1) is 13.9. The Labute approximate surface area is 102 Å². The number of rotatable bonds is 7. The molecule has 0 amide bonds. The van der Waals surface area contributed by atoms with Crippen molar-refractivity contribution in [3.8, 4) is 0 Å². The van der Waals surface area contributed by atoms with E-state index in [0.717, 1.165) is 0 Å². The molecule has 0 N–H and O–H groups in total. The number of Topliss-reactive ketones (excluding diaryl/α,β-unsaturated/α-hetero) is 1. The molecular formula is C12H16O4S. The fraction of sp³-hybridized carbons (Fsp3) is 0.417. The van der Waals surface area contributed by atoms with Crippen LogP contribution in [-0.4, -0.2) is 39.4 Å². The summed E-state index contributed by atoms with van der Waals surface area (Å²) in [5, 5.41) is 0. The quantitative estimate of drug-likeness (QED) is 0.690. The lowest BCUT2D eigenvalue weighted by Gasteiger charge is -2.03. The average molecular weight is 256 g/mol. The van der Waals surface area contributed by atoms with Gasteiger partial charge in [0.1, 0.15) is 0 Å². The minimum absolute atomic E-state index is 0.0239. The Kier molecular flexibility index (Phi) is 5.31. The fourth-order valence-electron chi connectivity index (χ4n) is 1.33. The molecular weight excluding hydrogens is 240 g/mol. The van der Waals surface area contributed by atoms with Crippen molar-refractivity contribution >= 4 is 15.6 Å². The molecule has 1 rings (SSSR count). The lowest BCUT2D eigenvalue weighted by atomic mass is 10.1. The molecule has 0 spiro atoms. The highest BCUT2D eigenvalue weighted by molar-refractivity contribution is 7.91. The van der Waals surface area contributed by atoms with Gasteiger partial charge in [0.05, 0.1) is 18.1 Å². The summed E-state index contributed by atoms with van der Waals surface area (Å²) < 4.78 is 27.7. The van der Waals surface area contributed by atoms with Crippen LogP contribution < -0.4 is 0 Å². The minimum atomic E-state index is -3.19. The monoisotopic (exact) mass is 256 g/mol. The average Bonchev–Trinajstić information content (AvgIpc) is 2.35. The summed E-state index contributed by atoms with van der Waals surface area (Å²) in [6.07, 6.45) is 0.0239.